The molecule has 0 aliphatic heterocycles. The van der Waals surface area contributed by atoms with Crippen LogP contribution in [0.2, 0.25) is 0 Å². The van der Waals surface area contributed by atoms with Gasteiger partial charge in [-0.1, -0.05) is 0 Å². The summed E-state index contributed by atoms with van der Waals surface area (Å²) < 4.78 is 27.9. The van der Waals surface area contributed by atoms with Crippen molar-refractivity contribution >= 4 is 43.0 Å². The highest BCUT2D eigenvalue weighted by atomic mass is 79.9. The summed E-state index contributed by atoms with van der Waals surface area (Å²) >= 11 is 4.87. The van der Waals surface area contributed by atoms with E-state index < -0.39 is 10.0 Å². The lowest BCUT2D eigenvalue weighted by Gasteiger charge is -2.07. The standard InChI is InChI=1S/C13H15BrN2O2S2/c1-2-15-10-3-6-12(7-4-10)20(17,18)16-9-11-5-8-13(14)19-11/h3-8,15-16H,2,9H2,1H3. The van der Waals surface area contributed by atoms with E-state index in [4.69, 9.17) is 0 Å². The van der Waals surface area contributed by atoms with E-state index in [1.54, 1.807) is 24.3 Å². The first kappa shape index (κ1) is 15.5. The first-order valence-electron chi connectivity index (χ1n) is 6.09. The summed E-state index contributed by atoms with van der Waals surface area (Å²) in [5.41, 5.74) is 0.911. The molecule has 0 saturated heterocycles. The third kappa shape index (κ3) is 4.05. The number of sulfonamides is 1. The van der Waals surface area contributed by atoms with Gasteiger partial charge in [0.15, 0.2) is 0 Å². The molecule has 0 bridgehead atoms. The zero-order valence-electron chi connectivity index (χ0n) is 10.9. The van der Waals surface area contributed by atoms with Crippen LogP contribution in [0.15, 0.2) is 45.1 Å². The van der Waals surface area contributed by atoms with E-state index in [-0.39, 0.29) is 4.90 Å². The third-order valence-electron chi connectivity index (χ3n) is 2.61. The number of thiophene rings is 1. The Morgan fingerprint density at radius 3 is 2.40 bits per heavy atom. The van der Waals surface area contributed by atoms with Crippen molar-refractivity contribution in [1.29, 1.82) is 0 Å². The van der Waals surface area contributed by atoms with Crippen molar-refractivity contribution < 1.29 is 8.42 Å². The van der Waals surface area contributed by atoms with E-state index in [2.05, 4.69) is 26.0 Å². The Morgan fingerprint density at radius 2 is 1.85 bits per heavy atom. The molecule has 0 fully saturated rings. The van der Waals surface area contributed by atoms with Gasteiger partial charge in [0.25, 0.3) is 0 Å². The van der Waals surface area contributed by atoms with Gasteiger partial charge in [-0.2, -0.15) is 0 Å². The monoisotopic (exact) mass is 374 g/mol. The van der Waals surface area contributed by atoms with Crippen molar-refractivity contribution in [2.75, 3.05) is 11.9 Å². The molecule has 0 amide bonds. The van der Waals surface area contributed by atoms with Crippen LogP contribution in [-0.4, -0.2) is 15.0 Å². The molecule has 0 spiro atoms. The maximum absolute atomic E-state index is 12.1. The molecule has 4 nitrogen and oxygen atoms in total. The minimum absolute atomic E-state index is 0.273. The number of anilines is 1. The van der Waals surface area contributed by atoms with Crippen LogP contribution in [0, 0.1) is 0 Å². The average Bonchev–Trinajstić information content (AvgIpc) is 2.84. The first-order valence-corrected chi connectivity index (χ1v) is 9.18. The molecule has 0 saturated carbocycles. The lowest BCUT2D eigenvalue weighted by Crippen LogP contribution is -2.22. The number of benzene rings is 1. The summed E-state index contributed by atoms with van der Waals surface area (Å²) in [5.74, 6) is 0. The molecule has 0 aliphatic carbocycles. The minimum Gasteiger partial charge on any atom is -0.385 e. The summed E-state index contributed by atoms with van der Waals surface area (Å²) in [6, 6.07) is 10.5. The molecular weight excluding hydrogens is 360 g/mol. The summed E-state index contributed by atoms with van der Waals surface area (Å²) in [6.45, 7) is 3.09. The summed E-state index contributed by atoms with van der Waals surface area (Å²) in [4.78, 5) is 1.24. The van der Waals surface area contributed by atoms with E-state index in [1.807, 2.05) is 19.1 Å². The van der Waals surface area contributed by atoms with Gasteiger partial charge in [-0.05, 0) is 59.3 Å². The Morgan fingerprint density at radius 1 is 1.15 bits per heavy atom. The van der Waals surface area contributed by atoms with Crippen molar-refractivity contribution in [3.63, 3.8) is 0 Å². The smallest absolute Gasteiger partial charge is 0.240 e. The Bertz CT molecular complexity index is 666. The van der Waals surface area contributed by atoms with E-state index in [1.165, 1.54) is 11.3 Å². The van der Waals surface area contributed by atoms with Crippen LogP contribution in [0.25, 0.3) is 0 Å². The molecule has 7 heteroatoms. The van der Waals surface area contributed by atoms with Crippen LogP contribution in [0.1, 0.15) is 11.8 Å². The Kier molecular flexibility index (Phi) is 5.20. The van der Waals surface area contributed by atoms with Gasteiger partial charge in [0.2, 0.25) is 10.0 Å². The second-order valence-corrected chi connectivity index (χ2v) is 8.40. The van der Waals surface area contributed by atoms with Gasteiger partial charge in [0.1, 0.15) is 0 Å². The van der Waals surface area contributed by atoms with Crippen LogP contribution in [0.3, 0.4) is 0 Å². The minimum atomic E-state index is -3.47. The zero-order chi connectivity index (χ0) is 14.6. The van der Waals surface area contributed by atoms with E-state index >= 15 is 0 Å². The average molecular weight is 375 g/mol. The van der Waals surface area contributed by atoms with Crippen LogP contribution < -0.4 is 10.0 Å². The molecule has 20 heavy (non-hydrogen) atoms. The molecule has 108 valence electrons. The van der Waals surface area contributed by atoms with Gasteiger partial charge in [0, 0.05) is 23.7 Å². The molecule has 0 atom stereocenters. The quantitative estimate of drug-likeness (QED) is 0.814. The largest absolute Gasteiger partial charge is 0.385 e. The lowest BCUT2D eigenvalue weighted by atomic mass is 10.3. The number of halogens is 1. The van der Waals surface area contributed by atoms with Gasteiger partial charge in [-0.3, -0.25) is 0 Å². The van der Waals surface area contributed by atoms with E-state index in [0.717, 1.165) is 20.9 Å². The molecule has 0 aliphatic rings. The van der Waals surface area contributed by atoms with Crippen molar-refractivity contribution in [3.8, 4) is 0 Å². The Balaban J connectivity index is 2.05. The van der Waals surface area contributed by atoms with Gasteiger partial charge in [0.05, 0.1) is 8.68 Å². The highest BCUT2D eigenvalue weighted by Gasteiger charge is 2.13. The molecule has 2 N–H and O–H groups in total. The third-order valence-corrected chi connectivity index (χ3v) is 5.65. The molecule has 1 aromatic heterocycles. The maximum atomic E-state index is 12.1. The highest BCUT2D eigenvalue weighted by molar-refractivity contribution is 9.11. The predicted molar refractivity (Wildman–Crippen MR) is 86.7 cm³/mol. The molecule has 2 aromatic rings. The van der Waals surface area contributed by atoms with Gasteiger partial charge in [-0.15, -0.1) is 11.3 Å². The molecule has 1 heterocycles. The van der Waals surface area contributed by atoms with E-state index in [0.29, 0.717) is 6.54 Å². The number of hydrogen-bond donors (Lipinski definition) is 2. The molecular formula is C13H15BrN2O2S2. The zero-order valence-corrected chi connectivity index (χ0v) is 14.1. The van der Waals surface area contributed by atoms with Crippen molar-refractivity contribution in [2.45, 2.75) is 18.4 Å². The topological polar surface area (TPSA) is 58.2 Å². The summed E-state index contributed by atoms with van der Waals surface area (Å²) in [5, 5.41) is 3.13. The second-order valence-electron chi connectivity index (χ2n) is 4.09. The molecule has 0 unspecified atom stereocenters. The first-order chi connectivity index (χ1) is 9.51. The fourth-order valence-corrected chi connectivity index (χ4v) is 4.17. The van der Waals surface area contributed by atoms with Crippen LogP contribution in [-0.2, 0) is 16.6 Å². The normalized spacial score (nSPS) is 11.5. The van der Waals surface area contributed by atoms with Gasteiger partial charge >= 0.3 is 0 Å². The van der Waals surface area contributed by atoms with Crippen LogP contribution >= 0.6 is 27.3 Å². The Hall–Kier alpha value is -0.890. The molecule has 2 rings (SSSR count). The Labute approximate surface area is 131 Å². The van der Waals surface area contributed by atoms with Gasteiger partial charge < -0.3 is 5.32 Å². The molecule has 0 radical (unpaired) electrons. The van der Waals surface area contributed by atoms with Crippen molar-refractivity contribution in [2.24, 2.45) is 0 Å². The number of rotatable bonds is 6. The highest BCUT2D eigenvalue weighted by Crippen LogP contribution is 2.22. The molecule has 1 aromatic carbocycles. The van der Waals surface area contributed by atoms with Crippen LogP contribution in [0.5, 0.6) is 0 Å². The fraction of sp³-hybridized carbons (Fsp3) is 0.231. The summed E-state index contributed by atoms with van der Waals surface area (Å²) in [6.07, 6.45) is 0. The van der Waals surface area contributed by atoms with E-state index in [9.17, 15) is 8.42 Å². The van der Waals surface area contributed by atoms with Crippen molar-refractivity contribution in [1.82, 2.24) is 4.72 Å². The second kappa shape index (κ2) is 6.71. The lowest BCUT2D eigenvalue weighted by molar-refractivity contribution is 0.582. The number of hydrogen-bond acceptors (Lipinski definition) is 4. The SMILES string of the molecule is CCNc1ccc(S(=O)(=O)NCc2ccc(Br)s2)cc1. The van der Waals surface area contributed by atoms with Crippen molar-refractivity contribution in [3.05, 3.63) is 45.1 Å². The van der Waals surface area contributed by atoms with Gasteiger partial charge in [-0.25, -0.2) is 13.1 Å². The fourth-order valence-electron chi connectivity index (χ4n) is 1.65. The number of nitrogens with one attached hydrogen (secondary N) is 2. The predicted octanol–water partition coefficient (Wildman–Crippen LogP) is 3.42. The summed E-state index contributed by atoms with van der Waals surface area (Å²) in [7, 11) is -3.47. The maximum Gasteiger partial charge on any atom is 0.240 e. The van der Waals surface area contributed by atoms with Crippen LogP contribution in [0.4, 0.5) is 5.69 Å².